The van der Waals surface area contributed by atoms with Crippen molar-refractivity contribution < 1.29 is 8.42 Å². The molecule has 6 nitrogen and oxygen atoms in total. The summed E-state index contributed by atoms with van der Waals surface area (Å²) < 4.78 is 28.9. The molecular weight excluding hydrogens is 468 g/mol. The monoisotopic (exact) mass is 498 g/mol. The molecule has 0 bridgehead atoms. The molecule has 184 valence electrons. The maximum absolute atomic E-state index is 13.7. The van der Waals surface area contributed by atoms with Gasteiger partial charge in [0.2, 0.25) is 10.0 Å². The number of aromatic nitrogens is 1. The van der Waals surface area contributed by atoms with Crippen LogP contribution >= 0.6 is 0 Å². The number of fused-ring (bicyclic) bond motifs is 1. The molecule has 7 heteroatoms. The predicted octanol–water partition coefficient (Wildman–Crippen LogP) is 5.46. The molecule has 2 atom stereocenters. The van der Waals surface area contributed by atoms with Crippen molar-refractivity contribution in [2.45, 2.75) is 37.0 Å². The van der Waals surface area contributed by atoms with Crippen molar-refractivity contribution >= 4 is 21.4 Å². The van der Waals surface area contributed by atoms with Gasteiger partial charge in [0.1, 0.15) is 0 Å². The van der Waals surface area contributed by atoms with Gasteiger partial charge in [0.05, 0.1) is 34.7 Å². The Bertz CT molecular complexity index is 1410. The Hall–Kier alpha value is -3.68. The van der Waals surface area contributed by atoms with Crippen LogP contribution in [0.15, 0.2) is 108 Å². The van der Waals surface area contributed by atoms with Crippen LogP contribution in [0.2, 0.25) is 0 Å². The standard InChI is InChI=1S/C29H30N4O2S/c1-22-31-27-20-30-18-17-28(27)33(22)21-24-13-15-26(16-14-24)36(34,35)32(2)29(25-11-7-4-8-12-25)19-23-9-5-3-6-10-23/h3-18,20,22,29,31H,19,21H2,1-2H3. The van der Waals surface area contributed by atoms with Gasteiger partial charge >= 0.3 is 0 Å². The van der Waals surface area contributed by atoms with Crippen molar-refractivity contribution in [1.29, 1.82) is 0 Å². The Morgan fingerprint density at radius 2 is 1.58 bits per heavy atom. The van der Waals surface area contributed by atoms with Crippen LogP contribution in [0, 0.1) is 0 Å². The molecule has 5 rings (SSSR count). The van der Waals surface area contributed by atoms with E-state index in [0.29, 0.717) is 17.9 Å². The number of hydrogen-bond donors (Lipinski definition) is 1. The van der Waals surface area contributed by atoms with Gasteiger partial charge in [-0.25, -0.2) is 8.42 Å². The van der Waals surface area contributed by atoms with E-state index < -0.39 is 10.0 Å². The van der Waals surface area contributed by atoms with Crippen molar-refractivity contribution in [3.05, 3.63) is 120 Å². The second-order valence-corrected chi connectivity index (χ2v) is 11.1. The Morgan fingerprint density at radius 3 is 2.28 bits per heavy atom. The molecule has 2 heterocycles. The van der Waals surface area contributed by atoms with Crippen LogP contribution in [0.1, 0.15) is 29.7 Å². The maximum atomic E-state index is 13.7. The van der Waals surface area contributed by atoms with E-state index in [4.69, 9.17) is 0 Å². The molecule has 0 radical (unpaired) electrons. The van der Waals surface area contributed by atoms with Crippen molar-refractivity contribution in [3.63, 3.8) is 0 Å². The van der Waals surface area contributed by atoms with Gasteiger partial charge in [-0.05, 0) is 48.2 Å². The first-order valence-corrected chi connectivity index (χ1v) is 13.5. The lowest BCUT2D eigenvalue weighted by atomic mass is 9.99. The third-order valence-corrected chi connectivity index (χ3v) is 8.67. The number of likely N-dealkylation sites (N-methyl/N-ethyl adjacent to an activating group) is 1. The van der Waals surface area contributed by atoms with Crippen LogP contribution in [0.4, 0.5) is 11.4 Å². The second-order valence-electron chi connectivity index (χ2n) is 9.12. The third kappa shape index (κ3) is 4.85. The van der Waals surface area contributed by atoms with Gasteiger partial charge in [-0.1, -0.05) is 72.8 Å². The fraction of sp³-hybridized carbons (Fsp3) is 0.207. The van der Waals surface area contributed by atoms with Gasteiger partial charge in [-0.15, -0.1) is 0 Å². The SMILES string of the molecule is CC1Nc2cnccc2N1Cc1ccc(S(=O)(=O)N(C)C(Cc2ccccc2)c2ccccc2)cc1. The largest absolute Gasteiger partial charge is 0.362 e. The lowest BCUT2D eigenvalue weighted by Crippen LogP contribution is -2.33. The Labute approximate surface area is 213 Å². The van der Waals surface area contributed by atoms with Gasteiger partial charge in [-0.3, -0.25) is 4.98 Å². The number of rotatable bonds is 8. The minimum atomic E-state index is -3.71. The summed E-state index contributed by atoms with van der Waals surface area (Å²) in [6.45, 7) is 2.77. The number of nitrogens with one attached hydrogen (secondary N) is 1. The molecule has 1 aliphatic heterocycles. The van der Waals surface area contributed by atoms with Gasteiger partial charge in [0, 0.05) is 19.8 Å². The molecule has 1 N–H and O–H groups in total. The lowest BCUT2D eigenvalue weighted by Gasteiger charge is -2.28. The van der Waals surface area contributed by atoms with E-state index in [2.05, 4.69) is 22.1 Å². The minimum Gasteiger partial charge on any atom is -0.362 e. The second kappa shape index (κ2) is 10.1. The average Bonchev–Trinajstić information content (AvgIpc) is 3.23. The number of anilines is 2. The molecule has 36 heavy (non-hydrogen) atoms. The van der Waals surface area contributed by atoms with Gasteiger partial charge in [0.25, 0.3) is 0 Å². The topological polar surface area (TPSA) is 65.5 Å². The highest BCUT2D eigenvalue weighted by molar-refractivity contribution is 7.89. The van der Waals surface area contributed by atoms with Gasteiger partial charge in [0.15, 0.2) is 0 Å². The van der Waals surface area contributed by atoms with Crippen molar-refractivity contribution in [2.24, 2.45) is 0 Å². The summed E-state index contributed by atoms with van der Waals surface area (Å²) in [5, 5.41) is 3.43. The normalized spacial score (nSPS) is 16.0. The summed E-state index contributed by atoms with van der Waals surface area (Å²) in [7, 11) is -2.04. The van der Waals surface area contributed by atoms with E-state index in [1.54, 1.807) is 25.4 Å². The molecule has 0 fully saturated rings. The third-order valence-electron chi connectivity index (χ3n) is 6.79. The summed E-state index contributed by atoms with van der Waals surface area (Å²) in [4.78, 5) is 6.73. The van der Waals surface area contributed by atoms with Gasteiger partial charge < -0.3 is 10.2 Å². The molecule has 3 aromatic carbocycles. The maximum Gasteiger partial charge on any atom is 0.243 e. The minimum absolute atomic E-state index is 0.128. The molecule has 0 saturated heterocycles. The molecule has 0 aliphatic carbocycles. The van der Waals surface area contributed by atoms with E-state index in [0.717, 1.165) is 28.1 Å². The summed E-state index contributed by atoms with van der Waals surface area (Å²) in [6, 6.07) is 28.7. The summed E-state index contributed by atoms with van der Waals surface area (Å²) >= 11 is 0. The number of pyridine rings is 1. The highest BCUT2D eigenvalue weighted by Gasteiger charge is 2.30. The van der Waals surface area contributed by atoms with Crippen LogP contribution in [-0.4, -0.2) is 30.9 Å². The zero-order chi connectivity index (χ0) is 25.1. The highest BCUT2D eigenvalue weighted by atomic mass is 32.2. The zero-order valence-electron chi connectivity index (χ0n) is 20.5. The van der Waals surface area contributed by atoms with E-state index in [-0.39, 0.29) is 12.2 Å². The van der Waals surface area contributed by atoms with Crippen LogP contribution in [0.3, 0.4) is 0 Å². The molecule has 1 aromatic heterocycles. The van der Waals surface area contributed by atoms with Crippen molar-refractivity contribution in [2.75, 3.05) is 17.3 Å². The van der Waals surface area contributed by atoms with Crippen LogP contribution in [-0.2, 0) is 23.0 Å². The van der Waals surface area contributed by atoms with E-state index in [9.17, 15) is 8.42 Å². The molecule has 0 saturated carbocycles. The fourth-order valence-corrected chi connectivity index (χ4v) is 6.09. The van der Waals surface area contributed by atoms with E-state index in [1.807, 2.05) is 85.1 Å². The van der Waals surface area contributed by atoms with Crippen LogP contribution in [0.5, 0.6) is 0 Å². The molecule has 0 amide bonds. The van der Waals surface area contributed by atoms with E-state index in [1.165, 1.54) is 4.31 Å². The number of hydrogen-bond acceptors (Lipinski definition) is 5. The molecule has 0 spiro atoms. The smallest absolute Gasteiger partial charge is 0.243 e. The molecule has 1 aliphatic rings. The first-order valence-electron chi connectivity index (χ1n) is 12.1. The molecule has 2 unspecified atom stereocenters. The zero-order valence-corrected chi connectivity index (χ0v) is 21.3. The Kier molecular flexibility index (Phi) is 6.76. The summed E-state index contributed by atoms with van der Waals surface area (Å²) in [6.07, 6.45) is 4.33. The van der Waals surface area contributed by atoms with Crippen molar-refractivity contribution in [3.8, 4) is 0 Å². The summed E-state index contributed by atoms with van der Waals surface area (Å²) in [5.74, 6) is 0. The first-order chi connectivity index (χ1) is 17.4. The van der Waals surface area contributed by atoms with Gasteiger partial charge in [-0.2, -0.15) is 4.31 Å². The molecule has 4 aromatic rings. The quantitative estimate of drug-likeness (QED) is 0.349. The number of nitrogens with zero attached hydrogens (tertiary/aromatic N) is 3. The Morgan fingerprint density at radius 1 is 0.917 bits per heavy atom. The van der Waals surface area contributed by atoms with E-state index >= 15 is 0 Å². The van der Waals surface area contributed by atoms with Crippen LogP contribution in [0.25, 0.3) is 0 Å². The fourth-order valence-electron chi connectivity index (χ4n) is 4.75. The highest BCUT2D eigenvalue weighted by Crippen LogP contribution is 2.35. The summed E-state index contributed by atoms with van der Waals surface area (Å²) in [5.41, 5.74) is 5.20. The average molecular weight is 499 g/mol. The predicted molar refractivity (Wildman–Crippen MR) is 144 cm³/mol. The lowest BCUT2D eigenvalue weighted by molar-refractivity contribution is 0.373. The first kappa shape index (κ1) is 24.0. The van der Waals surface area contributed by atoms with Crippen LogP contribution < -0.4 is 10.2 Å². The number of sulfonamides is 1. The number of benzene rings is 3. The van der Waals surface area contributed by atoms with Crippen molar-refractivity contribution in [1.82, 2.24) is 9.29 Å². The molecular formula is C29H30N4O2S. The Balaban J connectivity index is 1.38.